The Balaban J connectivity index is 1.19. The van der Waals surface area contributed by atoms with Gasteiger partial charge < -0.3 is 13.7 Å². The Hall–Kier alpha value is -6.58. The minimum absolute atomic E-state index is 0.843. The summed E-state index contributed by atoms with van der Waals surface area (Å²) in [7, 11) is 0. The van der Waals surface area contributed by atoms with Gasteiger partial charge in [0.05, 0.1) is 5.69 Å². The summed E-state index contributed by atoms with van der Waals surface area (Å²) in [5.41, 5.74) is 11.1. The van der Waals surface area contributed by atoms with Crippen molar-refractivity contribution in [3.8, 4) is 22.3 Å². The molecule has 2 aromatic heterocycles. The summed E-state index contributed by atoms with van der Waals surface area (Å²) in [6.07, 6.45) is 0. The molecule has 0 saturated heterocycles. The second-order valence-electron chi connectivity index (χ2n) is 12.5. The number of furan rings is 2. The molecule has 0 saturated carbocycles. The van der Waals surface area contributed by atoms with Gasteiger partial charge in [0.25, 0.3) is 0 Å². The van der Waals surface area contributed by atoms with E-state index in [0.717, 1.165) is 72.1 Å². The normalized spacial score (nSPS) is 11.7. The van der Waals surface area contributed by atoms with Gasteiger partial charge >= 0.3 is 0 Å². The molecule has 0 unspecified atom stereocenters. The fourth-order valence-electron chi connectivity index (χ4n) is 7.28. The third-order valence-electron chi connectivity index (χ3n) is 9.66. The van der Waals surface area contributed by atoms with E-state index in [4.69, 9.17) is 8.83 Å². The molecule has 0 fully saturated rings. The Morgan fingerprint density at radius 1 is 0.347 bits per heavy atom. The average Bonchev–Trinajstić information content (AvgIpc) is 3.74. The first-order valence-corrected chi connectivity index (χ1v) is 16.6. The van der Waals surface area contributed by atoms with Gasteiger partial charge in [-0.15, -0.1) is 0 Å². The fraction of sp³-hybridized carbons (Fsp3) is 0. The van der Waals surface area contributed by atoms with Gasteiger partial charge in [-0.25, -0.2) is 0 Å². The first-order chi connectivity index (χ1) is 24.3. The van der Waals surface area contributed by atoms with Crippen LogP contribution in [0, 0.1) is 0 Å². The Bertz CT molecular complexity index is 2830. The molecule has 0 spiro atoms. The molecular weight excluding hydrogens is 599 g/mol. The highest BCUT2D eigenvalue weighted by atomic mass is 16.3. The monoisotopic (exact) mass is 627 g/mol. The smallest absolute Gasteiger partial charge is 0.159 e. The van der Waals surface area contributed by atoms with Gasteiger partial charge in [0, 0.05) is 38.5 Å². The number of hydrogen-bond donors (Lipinski definition) is 0. The molecule has 3 nitrogen and oxygen atoms in total. The maximum atomic E-state index is 6.98. The average molecular weight is 628 g/mol. The third kappa shape index (κ3) is 4.51. The Kier molecular flexibility index (Phi) is 6.18. The van der Waals surface area contributed by atoms with Gasteiger partial charge in [0.2, 0.25) is 0 Å². The van der Waals surface area contributed by atoms with E-state index in [1.165, 1.54) is 21.9 Å². The summed E-state index contributed by atoms with van der Waals surface area (Å²) in [6.45, 7) is 0. The summed E-state index contributed by atoms with van der Waals surface area (Å²) in [5, 5.41) is 6.78. The molecule has 10 aromatic rings. The summed E-state index contributed by atoms with van der Waals surface area (Å²) in [5.74, 6) is 0. The maximum absolute atomic E-state index is 6.98. The number of nitrogens with zero attached hydrogens (tertiary/aromatic N) is 1. The molecule has 2 heterocycles. The van der Waals surface area contributed by atoms with Gasteiger partial charge in [0.1, 0.15) is 16.7 Å². The van der Waals surface area contributed by atoms with Crippen molar-refractivity contribution in [2.24, 2.45) is 0 Å². The minimum Gasteiger partial charge on any atom is -0.456 e. The van der Waals surface area contributed by atoms with Crippen LogP contribution >= 0.6 is 0 Å². The first kappa shape index (κ1) is 27.5. The number of anilines is 3. The van der Waals surface area contributed by atoms with E-state index < -0.39 is 0 Å². The van der Waals surface area contributed by atoms with E-state index in [1.807, 2.05) is 12.1 Å². The van der Waals surface area contributed by atoms with Crippen LogP contribution in [-0.2, 0) is 0 Å². The van der Waals surface area contributed by atoms with E-state index in [9.17, 15) is 0 Å². The van der Waals surface area contributed by atoms with Crippen LogP contribution in [0.15, 0.2) is 185 Å². The highest BCUT2D eigenvalue weighted by Crippen LogP contribution is 2.45. The lowest BCUT2D eigenvalue weighted by atomic mass is 9.99. The molecule has 0 amide bonds. The largest absolute Gasteiger partial charge is 0.456 e. The molecular formula is C46H29NO2. The highest BCUT2D eigenvalue weighted by molar-refractivity contribution is 6.14. The second-order valence-corrected chi connectivity index (χ2v) is 12.5. The number of rotatable bonds is 5. The van der Waals surface area contributed by atoms with E-state index in [2.05, 4.69) is 169 Å². The number of fused-ring (bicyclic) bond motifs is 7. The molecule has 10 rings (SSSR count). The Morgan fingerprint density at radius 3 is 1.88 bits per heavy atom. The number of benzene rings is 8. The fourth-order valence-corrected chi connectivity index (χ4v) is 7.28. The zero-order valence-corrected chi connectivity index (χ0v) is 26.5. The maximum Gasteiger partial charge on any atom is 0.159 e. The predicted octanol–water partition coefficient (Wildman–Crippen LogP) is 13.4. The molecule has 0 radical (unpaired) electrons. The molecule has 0 aliphatic carbocycles. The molecule has 8 aromatic carbocycles. The molecule has 3 heteroatoms. The highest BCUT2D eigenvalue weighted by Gasteiger charge is 2.22. The first-order valence-electron chi connectivity index (χ1n) is 16.6. The number of para-hydroxylation sites is 3. The molecule has 0 bridgehead atoms. The van der Waals surface area contributed by atoms with E-state index in [1.54, 1.807) is 0 Å². The molecule has 0 aliphatic rings. The summed E-state index contributed by atoms with van der Waals surface area (Å²) >= 11 is 0. The quantitative estimate of drug-likeness (QED) is 0.190. The Morgan fingerprint density at radius 2 is 1.00 bits per heavy atom. The molecule has 49 heavy (non-hydrogen) atoms. The lowest BCUT2D eigenvalue weighted by Gasteiger charge is -2.26. The third-order valence-corrected chi connectivity index (χ3v) is 9.66. The van der Waals surface area contributed by atoms with Gasteiger partial charge in [-0.3, -0.25) is 0 Å². The molecule has 0 aliphatic heterocycles. The van der Waals surface area contributed by atoms with Crippen molar-refractivity contribution < 1.29 is 8.83 Å². The SMILES string of the molecule is c1ccc(-c2ccc(N(c3ccc4oc5ccccc5c4c3)c3cccc4c3oc3c(-c5ccc6ccccc6c5)cccc34)cc2)cc1. The van der Waals surface area contributed by atoms with Crippen molar-refractivity contribution in [2.75, 3.05) is 4.90 Å². The zero-order chi connectivity index (χ0) is 32.3. The zero-order valence-electron chi connectivity index (χ0n) is 26.5. The van der Waals surface area contributed by atoms with Crippen molar-refractivity contribution >= 4 is 71.7 Å². The van der Waals surface area contributed by atoms with Crippen LogP contribution in [0.4, 0.5) is 17.1 Å². The van der Waals surface area contributed by atoms with Crippen LogP contribution in [0.1, 0.15) is 0 Å². The summed E-state index contributed by atoms with van der Waals surface area (Å²) in [6, 6.07) is 62.0. The van der Waals surface area contributed by atoms with Crippen LogP contribution in [0.2, 0.25) is 0 Å². The van der Waals surface area contributed by atoms with E-state index in [-0.39, 0.29) is 0 Å². The standard InChI is InChI=1S/C46H29NO2/c1-2-10-30(11-3-1)32-22-24-35(25-23-32)47(36-26-27-44-41(29-36)38-14-6-7-19-43(38)48-44)42-18-9-17-40-39-16-8-15-37(45(39)49-46(40)42)34-21-20-31-12-4-5-13-33(31)28-34/h1-29H. The predicted molar refractivity (Wildman–Crippen MR) is 204 cm³/mol. The van der Waals surface area contributed by atoms with Crippen LogP contribution in [0.5, 0.6) is 0 Å². The summed E-state index contributed by atoms with van der Waals surface area (Å²) < 4.78 is 13.2. The van der Waals surface area contributed by atoms with Gasteiger partial charge in [0.15, 0.2) is 5.58 Å². The van der Waals surface area contributed by atoms with E-state index >= 15 is 0 Å². The number of hydrogen-bond acceptors (Lipinski definition) is 3. The lowest BCUT2D eigenvalue weighted by Crippen LogP contribution is -2.10. The Labute approximate surface area is 282 Å². The summed E-state index contributed by atoms with van der Waals surface area (Å²) in [4.78, 5) is 2.30. The van der Waals surface area contributed by atoms with Crippen LogP contribution in [-0.4, -0.2) is 0 Å². The van der Waals surface area contributed by atoms with Crippen LogP contribution in [0.3, 0.4) is 0 Å². The lowest BCUT2D eigenvalue weighted by molar-refractivity contribution is 0.669. The topological polar surface area (TPSA) is 29.5 Å². The molecule has 0 N–H and O–H groups in total. The molecule has 0 atom stereocenters. The minimum atomic E-state index is 0.843. The van der Waals surface area contributed by atoms with Crippen LogP contribution in [0.25, 0.3) is 76.9 Å². The van der Waals surface area contributed by atoms with Crippen molar-refractivity contribution in [3.63, 3.8) is 0 Å². The van der Waals surface area contributed by atoms with Gasteiger partial charge in [-0.05, 0) is 76.0 Å². The second kappa shape index (κ2) is 11.0. The van der Waals surface area contributed by atoms with Crippen molar-refractivity contribution in [1.29, 1.82) is 0 Å². The van der Waals surface area contributed by atoms with Crippen molar-refractivity contribution in [2.45, 2.75) is 0 Å². The van der Waals surface area contributed by atoms with Crippen molar-refractivity contribution in [1.82, 2.24) is 0 Å². The van der Waals surface area contributed by atoms with Crippen LogP contribution < -0.4 is 4.90 Å². The van der Waals surface area contributed by atoms with Gasteiger partial charge in [-0.2, -0.15) is 0 Å². The van der Waals surface area contributed by atoms with Crippen molar-refractivity contribution in [3.05, 3.63) is 176 Å². The van der Waals surface area contributed by atoms with Gasteiger partial charge in [-0.1, -0.05) is 127 Å². The molecule has 230 valence electrons. The van der Waals surface area contributed by atoms with E-state index in [0.29, 0.717) is 0 Å².